The van der Waals surface area contributed by atoms with Crippen LogP contribution in [0.15, 0.2) is 18.2 Å². The lowest BCUT2D eigenvalue weighted by Gasteiger charge is -2.34. The number of carbonyl (C=O) groups excluding carboxylic acids is 1. The molecule has 1 amide bonds. The highest BCUT2D eigenvalue weighted by molar-refractivity contribution is 6.31. The van der Waals surface area contributed by atoms with Crippen molar-refractivity contribution in [2.24, 2.45) is 0 Å². The molecule has 22 heavy (non-hydrogen) atoms. The zero-order valence-corrected chi connectivity index (χ0v) is 13.7. The fraction of sp³-hybridized carbons (Fsp3) is 0.562. The third kappa shape index (κ3) is 3.97. The molecule has 0 radical (unpaired) electrons. The molecule has 1 aromatic carbocycles. The number of carbonyl (C=O) groups is 1. The lowest BCUT2D eigenvalue weighted by Crippen LogP contribution is -2.56. The predicted octanol–water partition coefficient (Wildman–Crippen LogP) is 2.59. The van der Waals surface area contributed by atoms with Crippen molar-refractivity contribution >= 4 is 17.5 Å². The van der Waals surface area contributed by atoms with E-state index in [0.29, 0.717) is 30.3 Å². The number of ether oxygens (including phenoxy) is 1. The molecule has 1 saturated heterocycles. The molecule has 0 aromatic heterocycles. The first-order valence-corrected chi connectivity index (χ1v) is 7.99. The summed E-state index contributed by atoms with van der Waals surface area (Å²) in [7, 11) is 0. The largest absolute Gasteiger partial charge is 0.375 e. The van der Waals surface area contributed by atoms with Crippen LogP contribution in [0.4, 0.5) is 4.39 Å². The predicted molar refractivity (Wildman–Crippen MR) is 84.3 cm³/mol. The summed E-state index contributed by atoms with van der Waals surface area (Å²) < 4.78 is 19.5. The van der Waals surface area contributed by atoms with Gasteiger partial charge in [0.2, 0.25) is 5.91 Å². The van der Waals surface area contributed by atoms with E-state index in [9.17, 15) is 9.18 Å². The van der Waals surface area contributed by atoms with Gasteiger partial charge in [-0.1, -0.05) is 24.6 Å². The van der Waals surface area contributed by atoms with Gasteiger partial charge in [-0.05, 0) is 25.5 Å². The van der Waals surface area contributed by atoms with Gasteiger partial charge in [-0.2, -0.15) is 0 Å². The third-order valence-electron chi connectivity index (χ3n) is 3.80. The summed E-state index contributed by atoms with van der Waals surface area (Å²) in [4.78, 5) is 14.4. The Morgan fingerprint density at radius 2 is 2.32 bits per heavy atom. The second-order valence-corrected chi connectivity index (χ2v) is 5.87. The van der Waals surface area contributed by atoms with E-state index in [4.69, 9.17) is 16.3 Å². The topological polar surface area (TPSA) is 41.6 Å². The van der Waals surface area contributed by atoms with Crippen molar-refractivity contribution < 1.29 is 13.9 Å². The summed E-state index contributed by atoms with van der Waals surface area (Å²) in [5.41, 5.74) is 0.357. The molecule has 0 saturated carbocycles. The maximum atomic E-state index is 14.0. The van der Waals surface area contributed by atoms with Gasteiger partial charge in [0, 0.05) is 23.7 Å². The van der Waals surface area contributed by atoms with E-state index in [1.807, 2.05) is 13.8 Å². The molecule has 0 aliphatic carbocycles. The molecular weight excluding hydrogens is 307 g/mol. The van der Waals surface area contributed by atoms with E-state index in [0.717, 1.165) is 6.42 Å². The molecule has 2 atom stereocenters. The maximum absolute atomic E-state index is 14.0. The Morgan fingerprint density at radius 1 is 1.55 bits per heavy atom. The molecule has 2 rings (SSSR count). The van der Waals surface area contributed by atoms with Crippen molar-refractivity contribution in [2.75, 3.05) is 19.7 Å². The summed E-state index contributed by atoms with van der Waals surface area (Å²) in [6.45, 7) is 5.81. The van der Waals surface area contributed by atoms with Crippen molar-refractivity contribution in [2.45, 2.75) is 39.0 Å². The van der Waals surface area contributed by atoms with E-state index >= 15 is 0 Å². The number of halogens is 2. The molecule has 0 spiro atoms. The van der Waals surface area contributed by atoms with Crippen LogP contribution in [0, 0.1) is 5.82 Å². The van der Waals surface area contributed by atoms with Crippen LogP contribution in [0.3, 0.4) is 0 Å². The van der Waals surface area contributed by atoms with Gasteiger partial charge in [-0.25, -0.2) is 4.39 Å². The smallest absolute Gasteiger partial charge is 0.242 e. The molecule has 1 aliphatic heterocycles. The molecule has 122 valence electrons. The molecule has 4 nitrogen and oxygen atoms in total. The summed E-state index contributed by atoms with van der Waals surface area (Å²) in [6, 6.07) is 4.16. The average molecular weight is 329 g/mol. The molecule has 1 N–H and O–H groups in total. The highest BCUT2D eigenvalue weighted by Gasteiger charge is 2.32. The third-order valence-corrected chi connectivity index (χ3v) is 4.15. The van der Waals surface area contributed by atoms with E-state index < -0.39 is 6.04 Å². The van der Waals surface area contributed by atoms with Crippen LogP contribution in [0.25, 0.3) is 0 Å². The maximum Gasteiger partial charge on any atom is 0.242 e. The number of amides is 1. The van der Waals surface area contributed by atoms with Crippen LogP contribution in [0.1, 0.15) is 25.8 Å². The molecule has 1 aliphatic rings. The zero-order chi connectivity index (χ0) is 16.1. The van der Waals surface area contributed by atoms with Crippen LogP contribution < -0.4 is 5.32 Å². The second kappa shape index (κ2) is 7.90. The normalized spacial score (nSPS) is 21.6. The summed E-state index contributed by atoms with van der Waals surface area (Å²) in [5.74, 6) is -0.462. The van der Waals surface area contributed by atoms with Gasteiger partial charge >= 0.3 is 0 Å². The van der Waals surface area contributed by atoms with Crippen LogP contribution >= 0.6 is 11.6 Å². The Morgan fingerprint density at radius 3 is 2.95 bits per heavy atom. The van der Waals surface area contributed by atoms with E-state index in [1.54, 1.807) is 17.0 Å². The van der Waals surface area contributed by atoms with E-state index in [2.05, 4.69) is 5.32 Å². The number of morpholine rings is 1. The second-order valence-electron chi connectivity index (χ2n) is 5.47. The molecule has 0 unspecified atom stereocenters. The van der Waals surface area contributed by atoms with E-state index in [-0.39, 0.29) is 24.4 Å². The van der Waals surface area contributed by atoms with Crippen LogP contribution in [0.5, 0.6) is 0 Å². The highest BCUT2D eigenvalue weighted by atomic mass is 35.5. The van der Waals surface area contributed by atoms with Gasteiger partial charge in [0.15, 0.2) is 0 Å². The zero-order valence-electron chi connectivity index (χ0n) is 12.9. The fourth-order valence-corrected chi connectivity index (χ4v) is 2.84. The van der Waals surface area contributed by atoms with Gasteiger partial charge in [-0.15, -0.1) is 0 Å². The fourth-order valence-electron chi connectivity index (χ4n) is 2.62. The number of nitrogens with zero attached hydrogens (tertiary/aromatic N) is 1. The monoisotopic (exact) mass is 328 g/mol. The van der Waals surface area contributed by atoms with Gasteiger partial charge < -0.3 is 15.0 Å². The van der Waals surface area contributed by atoms with Gasteiger partial charge in [0.25, 0.3) is 0 Å². The minimum Gasteiger partial charge on any atom is -0.375 e. The number of hydrogen-bond acceptors (Lipinski definition) is 3. The van der Waals surface area contributed by atoms with Crippen LogP contribution in [0.2, 0.25) is 5.02 Å². The summed E-state index contributed by atoms with van der Waals surface area (Å²) >= 11 is 6.07. The first-order chi connectivity index (χ1) is 10.5. The minimum atomic E-state index is -0.397. The van der Waals surface area contributed by atoms with E-state index in [1.165, 1.54) is 6.07 Å². The quantitative estimate of drug-likeness (QED) is 0.903. The molecule has 0 bridgehead atoms. The van der Waals surface area contributed by atoms with Crippen molar-refractivity contribution in [1.82, 2.24) is 10.2 Å². The number of rotatable bonds is 5. The summed E-state index contributed by atoms with van der Waals surface area (Å²) in [5, 5.41) is 3.52. The minimum absolute atomic E-state index is 0.0756. The van der Waals surface area contributed by atoms with Crippen molar-refractivity contribution in [3.63, 3.8) is 0 Å². The SMILES string of the molecule is CCCN(Cc1c(F)cccc1Cl)C(=O)[C@H]1NCCO[C@@H]1C. The Bertz CT molecular complexity index is 507. The Hall–Kier alpha value is -1.17. The molecule has 1 fully saturated rings. The van der Waals surface area contributed by atoms with Crippen molar-refractivity contribution in [3.8, 4) is 0 Å². The Labute approximate surface area is 135 Å². The Kier molecular flexibility index (Phi) is 6.17. The van der Waals surface area contributed by atoms with Gasteiger partial charge in [0.05, 0.1) is 19.3 Å². The Balaban J connectivity index is 2.17. The lowest BCUT2D eigenvalue weighted by molar-refractivity contribution is -0.140. The van der Waals surface area contributed by atoms with Crippen LogP contribution in [-0.4, -0.2) is 42.6 Å². The lowest BCUT2D eigenvalue weighted by atomic mass is 10.1. The molecule has 1 aromatic rings. The first-order valence-electron chi connectivity index (χ1n) is 7.61. The first kappa shape index (κ1) is 17.2. The van der Waals surface area contributed by atoms with Crippen molar-refractivity contribution in [3.05, 3.63) is 34.6 Å². The van der Waals surface area contributed by atoms with Gasteiger partial charge in [-0.3, -0.25) is 4.79 Å². The summed E-state index contributed by atoms with van der Waals surface area (Å²) in [6.07, 6.45) is 0.594. The number of nitrogens with one attached hydrogen (secondary N) is 1. The molecular formula is C16H22ClFN2O2. The highest BCUT2D eigenvalue weighted by Crippen LogP contribution is 2.22. The van der Waals surface area contributed by atoms with Crippen LogP contribution in [-0.2, 0) is 16.1 Å². The van der Waals surface area contributed by atoms with Crippen molar-refractivity contribution in [1.29, 1.82) is 0 Å². The average Bonchev–Trinajstić information content (AvgIpc) is 2.50. The van der Waals surface area contributed by atoms with Gasteiger partial charge in [0.1, 0.15) is 11.9 Å². The number of hydrogen-bond donors (Lipinski definition) is 1. The molecule has 6 heteroatoms. The number of benzene rings is 1. The standard InChI is InChI=1S/C16H22ClFN2O2/c1-3-8-20(10-12-13(17)5-4-6-14(12)18)16(21)15-11(2)22-9-7-19-15/h4-6,11,15,19H,3,7-10H2,1-2H3/t11-,15+/m1/s1. The molecule has 1 heterocycles.